The van der Waals surface area contributed by atoms with E-state index in [0.717, 1.165) is 23.7 Å². The second-order valence-corrected chi connectivity index (χ2v) is 4.16. The third kappa shape index (κ3) is 1.98. The van der Waals surface area contributed by atoms with E-state index in [1.54, 1.807) is 0 Å². The molecule has 1 aromatic rings. The molecule has 4 heteroatoms. The Morgan fingerprint density at radius 1 is 1.29 bits per heavy atom. The summed E-state index contributed by atoms with van der Waals surface area (Å²) in [5.41, 5.74) is 1.94. The Morgan fingerprint density at radius 3 is 2.64 bits per heavy atom. The lowest BCUT2D eigenvalue weighted by molar-refractivity contribution is 0.282. The molecule has 0 aromatic carbocycles. The minimum atomic E-state index is 0.460. The van der Waals surface area contributed by atoms with Crippen LogP contribution in [0.2, 0.25) is 5.15 Å². The van der Waals surface area contributed by atoms with Gasteiger partial charge in [-0.2, -0.15) is 0 Å². The molecule has 0 aliphatic heterocycles. The average Bonchev–Trinajstić information content (AvgIpc) is 2.97. The third-order valence-electron chi connectivity index (χ3n) is 2.57. The number of halogens is 1. The van der Waals surface area contributed by atoms with Crippen LogP contribution in [0.3, 0.4) is 0 Å². The number of ether oxygens (including phenoxy) is 1. The van der Waals surface area contributed by atoms with E-state index in [2.05, 4.69) is 10.2 Å². The van der Waals surface area contributed by atoms with Gasteiger partial charge in [0.15, 0.2) is 5.15 Å². The molecule has 1 fully saturated rings. The molecule has 1 heterocycles. The van der Waals surface area contributed by atoms with E-state index in [9.17, 15) is 0 Å². The second kappa shape index (κ2) is 3.73. The van der Waals surface area contributed by atoms with Crippen molar-refractivity contribution in [3.05, 3.63) is 16.3 Å². The normalized spacial score (nSPS) is 15.6. The molecule has 0 radical (unpaired) electrons. The summed E-state index contributed by atoms with van der Waals surface area (Å²) in [4.78, 5) is 0. The molecule has 1 aliphatic rings. The molecule has 76 valence electrons. The van der Waals surface area contributed by atoms with Crippen LogP contribution < -0.4 is 4.74 Å². The fraction of sp³-hybridized carbons (Fsp3) is 0.600. The maximum Gasteiger partial charge on any atom is 0.236 e. The minimum absolute atomic E-state index is 0.460. The van der Waals surface area contributed by atoms with Gasteiger partial charge in [-0.15, -0.1) is 10.2 Å². The van der Waals surface area contributed by atoms with Crippen molar-refractivity contribution >= 4 is 11.6 Å². The number of rotatable bonds is 3. The Hall–Kier alpha value is -0.830. The van der Waals surface area contributed by atoms with E-state index < -0.39 is 0 Å². The van der Waals surface area contributed by atoms with Crippen LogP contribution >= 0.6 is 11.6 Å². The summed E-state index contributed by atoms with van der Waals surface area (Å²) in [6, 6.07) is 0. The first kappa shape index (κ1) is 9.71. The third-order valence-corrected chi connectivity index (χ3v) is 2.93. The minimum Gasteiger partial charge on any atom is -0.476 e. The van der Waals surface area contributed by atoms with Gasteiger partial charge in [-0.1, -0.05) is 11.6 Å². The molecule has 14 heavy (non-hydrogen) atoms. The summed E-state index contributed by atoms with van der Waals surface area (Å²) in [6.45, 7) is 4.64. The van der Waals surface area contributed by atoms with Gasteiger partial charge in [0.05, 0.1) is 6.61 Å². The zero-order valence-electron chi connectivity index (χ0n) is 8.38. The van der Waals surface area contributed by atoms with Crippen LogP contribution in [-0.4, -0.2) is 16.8 Å². The Bertz CT molecular complexity index is 350. The number of aromatic nitrogens is 2. The molecule has 0 bridgehead atoms. The van der Waals surface area contributed by atoms with Crippen LogP contribution in [-0.2, 0) is 0 Å². The van der Waals surface area contributed by atoms with Gasteiger partial charge in [0.25, 0.3) is 0 Å². The van der Waals surface area contributed by atoms with Gasteiger partial charge in [-0.05, 0) is 38.2 Å². The van der Waals surface area contributed by atoms with Crippen molar-refractivity contribution in [1.82, 2.24) is 10.2 Å². The largest absolute Gasteiger partial charge is 0.476 e. The summed E-state index contributed by atoms with van der Waals surface area (Å²) in [7, 11) is 0. The molecular weight excluding hydrogens is 200 g/mol. The van der Waals surface area contributed by atoms with Crippen molar-refractivity contribution in [1.29, 1.82) is 0 Å². The van der Waals surface area contributed by atoms with Gasteiger partial charge in [-0.3, -0.25) is 0 Å². The van der Waals surface area contributed by atoms with Crippen molar-refractivity contribution in [2.24, 2.45) is 5.92 Å². The Labute approximate surface area is 88.4 Å². The van der Waals surface area contributed by atoms with E-state index in [1.165, 1.54) is 12.8 Å². The quantitative estimate of drug-likeness (QED) is 0.773. The van der Waals surface area contributed by atoms with Gasteiger partial charge in [0.1, 0.15) is 0 Å². The maximum absolute atomic E-state index is 5.83. The predicted molar refractivity (Wildman–Crippen MR) is 54.7 cm³/mol. The van der Waals surface area contributed by atoms with Crippen LogP contribution in [0, 0.1) is 19.8 Å². The molecule has 0 unspecified atom stereocenters. The number of hydrogen-bond acceptors (Lipinski definition) is 3. The highest BCUT2D eigenvalue weighted by Gasteiger charge is 2.22. The van der Waals surface area contributed by atoms with Crippen molar-refractivity contribution < 1.29 is 4.74 Å². The van der Waals surface area contributed by atoms with Gasteiger partial charge < -0.3 is 4.74 Å². The fourth-order valence-electron chi connectivity index (χ4n) is 1.17. The Morgan fingerprint density at radius 2 is 2.00 bits per heavy atom. The summed E-state index contributed by atoms with van der Waals surface area (Å²) >= 11 is 5.83. The molecule has 3 nitrogen and oxygen atoms in total. The number of nitrogens with zero attached hydrogens (tertiary/aromatic N) is 2. The molecule has 1 aromatic heterocycles. The lowest BCUT2D eigenvalue weighted by Gasteiger charge is -2.08. The van der Waals surface area contributed by atoms with Gasteiger partial charge in [0, 0.05) is 5.56 Å². The van der Waals surface area contributed by atoms with Crippen molar-refractivity contribution in [3.63, 3.8) is 0 Å². The smallest absolute Gasteiger partial charge is 0.236 e. The summed E-state index contributed by atoms with van der Waals surface area (Å²) < 4.78 is 5.56. The Kier molecular flexibility index (Phi) is 2.59. The molecule has 1 saturated carbocycles. The van der Waals surface area contributed by atoms with Crippen molar-refractivity contribution in [2.45, 2.75) is 26.7 Å². The van der Waals surface area contributed by atoms with Crippen LogP contribution in [0.5, 0.6) is 5.88 Å². The van der Waals surface area contributed by atoms with Crippen LogP contribution in [0.25, 0.3) is 0 Å². The molecule has 0 N–H and O–H groups in total. The van der Waals surface area contributed by atoms with Crippen molar-refractivity contribution in [3.8, 4) is 5.88 Å². The molecule has 0 spiro atoms. The monoisotopic (exact) mass is 212 g/mol. The highest BCUT2D eigenvalue weighted by Crippen LogP contribution is 2.30. The highest BCUT2D eigenvalue weighted by atomic mass is 35.5. The molecule has 2 rings (SSSR count). The predicted octanol–water partition coefficient (Wildman–Crippen LogP) is 2.54. The SMILES string of the molecule is Cc1c(Cl)nnc(OCC2CC2)c1C. The number of hydrogen-bond donors (Lipinski definition) is 0. The van der Waals surface area contributed by atoms with Gasteiger partial charge >= 0.3 is 0 Å². The summed E-state index contributed by atoms with van der Waals surface area (Å²) in [6.07, 6.45) is 2.55. The molecule has 1 aliphatic carbocycles. The average molecular weight is 213 g/mol. The lowest BCUT2D eigenvalue weighted by atomic mass is 10.2. The van der Waals surface area contributed by atoms with E-state index in [-0.39, 0.29) is 0 Å². The first-order valence-electron chi connectivity index (χ1n) is 4.80. The van der Waals surface area contributed by atoms with E-state index in [0.29, 0.717) is 11.0 Å². The summed E-state index contributed by atoms with van der Waals surface area (Å²) in [5.74, 6) is 1.35. The maximum atomic E-state index is 5.83. The molecule has 0 amide bonds. The lowest BCUT2D eigenvalue weighted by Crippen LogP contribution is -2.04. The van der Waals surface area contributed by atoms with Crippen LogP contribution in [0.1, 0.15) is 24.0 Å². The standard InChI is InChI=1S/C10H13ClN2O/c1-6-7(2)10(13-12-9(6)11)14-5-8-3-4-8/h8H,3-5H2,1-2H3. The second-order valence-electron chi connectivity index (χ2n) is 3.80. The fourth-order valence-corrected chi connectivity index (χ4v) is 1.35. The zero-order valence-corrected chi connectivity index (χ0v) is 9.14. The van der Waals surface area contributed by atoms with E-state index >= 15 is 0 Å². The van der Waals surface area contributed by atoms with Gasteiger partial charge in [0.2, 0.25) is 5.88 Å². The van der Waals surface area contributed by atoms with Crippen LogP contribution in [0.15, 0.2) is 0 Å². The van der Waals surface area contributed by atoms with Crippen molar-refractivity contribution in [2.75, 3.05) is 6.61 Å². The highest BCUT2D eigenvalue weighted by molar-refractivity contribution is 6.30. The van der Waals surface area contributed by atoms with Gasteiger partial charge in [-0.25, -0.2) is 0 Å². The Balaban J connectivity index is 2.11. The van der Waals surface area contributed by atoms with E-state index in [4.69, 9.17) is 16.3 Å². The zero-order chi connectivity index (χ0) is 10.1. The topological polar surface area (TPSA) is 35.0 Å². The molecule has 0 atom stereocenters. The molecule has 0 saturated heterocycles. The van der Waals surface area contributed by atoms with E-state index in [1.807, 2.05) is 13.8 Å². The van der Waals surface area contributed by atoms with Crippen LogP contribution in [0.4, 0.5) is 0 Å². The first-order valence-corrected chi connectivity index (χ1v) is 5.18. The molecular formula is C10H13ClN2O. The summed E-state index contributed by atoms with van der Waals surface area (Å²) in [5, 5.41) is 8.22. The first-order chi connectivity index (χ1) is 6.68.